The maximum Gasteiger partial charge on any atom is 0.316 e. The van der Waals surface area contributed by atoms with E-state index >= 15 is 0 Å². The van der Waals surface area contributed by atoms with Gasteiger partial charge in [0.15, 0.2) is 0 Å². The van der Waals surface area contributed by atoms with E-state index in [4.69, 9.17) is 16.9 Å². The van der Waals surface area contributed by atoms with Crippen LogP contribution in [0.2, 0.25) is 0 Å². The summed E-state index contributed by atoms with van der Waals surface area (Å²) in [5.74, 6) is -0.785. The van der Waals surface area contributed by atoms with E-state index < -0.39 is 6.03 Å². The summed E-state index contributed by atoms with van der Waals surface area (Å²) >= 11 is 0. The molecule has 10 nitrogen and oxygen atoms in total. The topological polar surface area (TPSA) is 175 Å². The lowest BCUT2D eigenvalue weighted by molar-refractivity contribution is -0.122. The van der Waals surface area contributed by atoms with Crippen molar-refractivity contribution in [3.63, 3.8) is 0 Å². The molecule has 0 unspecified atom stereocenters. The van der Waals surface area contributed by atoms with Crippen LogP contribution in [0.4, 0.5) is 21.9 Å². The molecule has 30 heavy (non-hydrogen) atoms. The Labute approximate surface area is 173 Å². The number of amides is 4. The maximum atomic E-state index is 12.6. The highest BCUT2D eigenvalue weighted by atomic mass is 16.3. The summed E-state index contributed by atoms with van der Waals surface area (Å²) in [6, 6.07) is 12.2. The molecule has 158 valence electrons. The predicted octanol–water partition coefficient (Wildman–Crippen LogP) is 1.21. The zero-order valence-corrected chi connectivity index (χ0v) is 16.2. The fourth-order valence-electron chi connectivity index (χ4n) is 2.70. The Morgan fingerprint density at radius 1 is 0.967 bits per heavy atom. The lowest BCUT2D eigenvalue weighted by atomic mass is 10.2. The van der Waals surface area contributed by atoms with Crippen molar-refractivity contribution in [3.05, 3.63) is 54.1 Å². The molecule has 0 heterocycles. The largest absolute Gasteiger partial charge is 0.395 e. The zero-order chi connectivity index (χ0) is 22.1. The van der Waals surface area contributed by atoms with Crippen molar-refractivity contribution in [2.24, 2.45) is 11.5 Å². The number of aliphatic hydroxyl groups is 1. The summed E-state index contributed by atoms with van der Waals surface area (Å²) < 4.78 is 0. The molecule has 0 aromatic heterocycles. The Kier molecular flexibility index (Phi) is 7.89. The lowest BCUT2D eigenvalue weighted by Gasteiger charge is -2.22. The molecule has 2 aromatic carbocycles. The van der Waals surface area contributed by atoms with Gasteiger partial charge in [-0.25, -0.2) is 4.79 Å². The van der Waals surface area contributed by atoms with Gasteiger partial charge >= 0.3 is 6.03 Å². The molecular formula is C20H24N6O4. The van der Waals surface area contributed by atoms with Crippen LogP contribution in [0.5, 0.6) is 0 Å². The minimum absolute atomic E-state index is 0.0347. The fourth-order valence-corrected chi connectivity index (χ4v) is 2.70. The van der Waals surface area contributed by atoms with Gasteiger partial charge in [-0.2, -0.15) is 0 Å². The van der Waals surface area contributed by atoms with E-state index in [2.05, 4.69) is 10.6 Å². The molecule has 8 N–H and O–H groups in total. The molecule has 0 aliphatic rings. The van der Waals surface area contributed by atoms with Crippen molar-refractivity contribution < 1.29 is 19.5 Å². The first-order valence-corrected chi connectivity index (χ1v) is 9.12. The van der Waals surface area contributed by atoms with Crippen LogP contribution in [0.3, 0.4) is 0 Å². The number of amidine groups is 1. The van der Waals surface area contributed by atoms with E-state index in [0.29, 0.717) is 22.6 Å². The Morgan fingerprint density at radius 2 is 1.67 bits per heavy atom. The minimum Gasteiger partial charge on any atom is -0.395 e. The smallest absolute Gasteiger partial charge is 0.316 e. The van der Waals surface area contributed by atoms with Crippen LogP contribution < -0.4 is 27.0 Å². The number of carbonyl (C=O) groups excluding carboxylic acids is 3. The molecule has 0 aliphatic carbocycles. The molecule has 10 heteroatoms. The molecule has 2 rings (SSSR count). The van der Waals surface area contributed by atoms with Crippen molar-refractivity contribution in [2.45, 2.75) is 12.8 Å². The summed E-state index contributed by atoms with van der Waals surface area (Å²) in [6.45, 7) is -0.235. The van der Waals surface area contributed by atoms with Gasteiger partial charge in [-0.1, -0.05) is 6.07 Å². The number of nitrogens with two attached hydrogens (primary N) is 2. The Morgan fingerprint density at radius 3 is 2.27 bits per heavy atom. The Bertz CT molecular complexity index is 929. The van der Waals surface area contributed by atoms with Crippen molar-refractivity contribution in [3.8, 4) is 0 Å². The van der Waals surface area contributed by atoms with Crippen LogP contribution in [-0.4, -0.2) is 41.9 Å². The highest BCUT2D eigenvalue weighted by molar-refractivity contribution is 5.99. The Hall–Kier alpha value is -3.92. The second-order valence-electron chi connectivity index (χ2n) is 6.35. The van der Waals surface area contributed by atoms with E-state index in [1.165, 1.54) is 4.90 Å². The van der Waals surface area contributed by atoms with Crippen LogP contribution in [0.25, 0.3) is 0 Å². The monoisotopic (exact) mass is 412 g/mol. The summed E-state index contributed by atoms with van der Waals surface area (Å²) in [7, 11) is 0. The van der Waals surface area contributed by atoms with E-state index in [1.807, 2.05) is 0 Å². The van der Waals surface area contributed by atoms with Gasteiger partial charge in [0.2, 0.25) is 11.8 Å². The van der Waals surface area contributed by atoms with Crippen LogP contribution in [0.1, 0.15) is 18.4 Å². The van der Waals surface area contributed by atoms with Crippen LogP contribution in [0, 0.1) is 5.41 Å². The number of primary amides is 1. The number of rotatable bonds is 9. The van der Waals surface area contributed by atoms with E-state index in [0.717, 1.165) is 0 Å². The first-order valence-electron chi connectivity index (χ1n) is 9.12. The van der Waals surface area contributed by atoms with Gasteiger partial charge in [0.25, 0.3) is 0 Å². The van der Waals surface area contributed by atoms with Gasteiger partial charge in [-0.15, -0.1) is 0 Å². The molecule has 0 spiro atoms. The van der Waals surface area contributed by atoms with Gasteiger partial charge in [-0.05, 0) is 42.5 Å². The van der Waals surface area contributed by atoms with Crippen LogP contribution in [0.15, 0.2) is 48.5 Å². The van der Waals surface area contributed by atoms with Gasteiger partial charge in [-0.3, -0.25) is 15.0 Å². The number of urea groups is 1. The first kappa shape index (κ1) is 22.4. The second-order valence-corrected chi connectivity index (χ2v) is 6.35. The number of benzene rings is 2. The van der Waals surface area contributed by atoms with Crippen molar-refractivity contribution in [1.29, 1.82) is 5.41 Å². The van der Waals surface area contributed by atoms with Gasteiger partial charge in [0, 0.05) is 42.0 Å². The number of anilines is 3. The number of nitrogen functional groups attached to an aromatic ring is 1. The maximum absolute atomic E-state index is 12.6. The average molecular weight is 412 g/mol. The van der Waals surface area contributed by atoms with E-state index in [-0.39, 0.29) is 43.6 Å². The minimum atomic E-state index is -0.736. The van der Waals surface area contributed by atoms with E-state index in [1.54, 1.807) is 48.5 Å². The molecule has 0 atom stereocenters. The highest BCUT2D eigenvalue weighted by Gasteiger charge is 2.17. The third-order valence-corrected chi connectivity index (χ3v) is 4.10. The Balaban J connectivity index is 1.98. The molecule has 0 fully saturated rings. The first-order chi connectivity index (χ1) is 14.3. The average Bonchev–Trinajstić information content (AvgIpc) is 2.70. The molecule has 2 aromatic rings. The third-order valence-electron chi connectivity index (χ3n) is 4.10. The standard InChI is InChI=1S/C20H24N6O4/c21-19(22)13-4-6-14(7-5-13)24-17(28)8-9-18(29)26(10-11-27)16-3-1-2-15(12-16)25-20(23)30/h1-7,12,27H,8-11H2,(H3,21,22)(H,24,28)(H3,23,25,30). The summed E-state index contributed by atoms with van der Waals surface area (Å²) in [5.41, 5.74) is 12.4. The molecule has 0 radical (unpaired) electrons. The SMILES string of the molecule is N=C(N)c1ccc(NC(=O)CCC(=O)N(CCO)c2cccc(NC(N)=O)c2)cc1. The summed E-state index contributed by atoms with van der Waals surface area (Å²) in [6.07, 6.45) is -0.140. The third kappa shape index (κ3) is 6.60. The number of nitrogens with one attached hydrogen (secondary N) is 3. The normalized spacial score (nSPS) is 10.2. The fraction of sp³-hybridized carbons (Fsp3) is 0.200. The molecule has 0 bridgehead atoms. The van der Waals surface area contributed by atoms with Gasteiger partial charge in [0.05, 0.1) is 6.61 Å². The molecule has 4 amide bonds. The van der Waals surface area contributed by atoms with Gasteiger partial charge in [0.1, 0.15) is 5.84 Å². The number of hydrogen-bond acceptors (Lipinski definition) is 5. The van der Waals surface area contributed by atoms with Crippen LogP contribution in [-0.2, 0) is 9.59 Å². The number of carbonyl (C=O) groups is 3. The zero-order valence-electron chi connectivity index (χ0n) is 16.2. The lowest BCUT2D eigenvalue weighted by Crippen LogP contribution is -2.34. The molecule has 0 saturated heterocycles. The molecular weight excluding hydrogens is 388 g/mol. The molecule has 0 saturated carbocycles. The highest BCUT2D eigenvalue weighted by Crippen LogP contribution is 2.20. The predicted molar refractivity (Wildman–Crippen MR) is 114 cm³/mol. The van der Waals surface area contributed by atoms with E-state index in [9.17, 15) is 19.5 Å². The van der Waals surface area contributed by atoms with Crippen molar-refractivity contribution >= 4 is 40.7 Å². The molecule has 0 aliphatic heterocycles. The number of aliphatic hydroxyl groups excluding tert-OH is 1. The number of hydrogen-bond donors (Lipinski definition) is 6. The van der Waals surface area contributed by atoms with Crippen LogP contribution >= 0.6 is 0 Å². The quantitative estimate of drug-likeness (QED) is 0.267. The van der Waals surface area contributed by atoms with Gasteiger partial charge < -0.3 is 32.1 Å². The summed E-state index contributed by atoms with van der Waals surface area (Å²) in [5, 5.41) is 21.8. The van der Waals surface area contributed by atoms with Crippen molar-refractivity contribution in [2.75, 3.05) is 28.7 Å². The second kappa shape index (κ2) is 10.6. The van der Waals surface area contributed by atoms with Crippen molar-refractivity contribution in [1.82, 2.24) is 0 Å². The summed E-state index contributed by atoms with van der Waals surface area (Å²) in [4.78, 5) is 37.2. The number of nitrogens with zero attached hydrogens (tertiary/aromatic N) is 1.